The highest BCUT2D eigenvalue weighted by molar-refractivity contribution is 5.99. The highest BCUT2D eigenvalue weighted by Gasteiger charge is 2.16. The lowest BCUT2D eigenvalue weighted by molar-refractivity contribution is 0.0796. The van der Waals surface area contributed by atoms with E-state index >= 15 is 0 Å². The molecule has 0 radical (unpaired) electrons. The number of benzene rings is 1. The van der Waals surface area contributed by atoms with E-state index < -0.39 is 5.91 Å². The van der Waals surface area contributed by atoms with E-state index in [9.17, 15) is 4.79 Å². The molecule has 0 aliphatic heterocycles. The van der Waals surface area contributed by atoms with Gasteiger partial charge in [0.05, 0.1) is 19.8 Å². The first kappa shape index (κ1) is 16.1. The average molecular weight is 255 g/mol. The Morgan fingerprint density at radius 1 is 1.17 bits per heavy atom. The molecular weight excluding hydrogens is 234 g/mol. The summed E-state index contributed by atoms with van der Waals surface area (Å²) in [5.74, 6) is 5.87. The van der Waals surface area contributed by atoms with Gasteiger partial charge in [-0.1, -0.05) is 13.8 Å². The lowest BCUT2D eigenvalue weighted by atomic mass is 10.1. The van der Waals surface area contributed by atoms with Crippen LogP contribution in [-0.2, 0) is 0 Å². The number of nitrogens with two attached hydrogens (primary N) is 2. The van der Waals surface area contributed by atoms with Crippen molar-refractivity contribution >= 4 is 11.6 Å². The number of rotatable bonds is 3. The van der Waals surface area contributed by atoms with Crippen LogP contribution in [0.25, 0.3) is 0 Å². The summed E-state index contributed by atoms with van der Waals surface area (Å²) in [6.45, 7) is 4.00. The molecule has 1 aromatic carbocycles. The fourth-order valence-corrected chi connectivity index (χ4v) is 1.27. The number of hydrogen-bond acceptors (Lipinski definition) is 5. The quantitative estimate of drug-likeness (QED) is 0.367. The highest BCUT2D eigenvalue weighted by Crippen LogP contribution is 2.32. The Kier molecular flexibility index (Phi) is 6.59. The van der Waals surface area contributed by atoms with Crippen LogP contribution in [0.4, 0.5) is 5.69 Å². The second-order valence-electron chi connectivity index (χ2n) is 3.21. The first-order valence-electron chi connectivity index (χ1n) is 5.55. The molecule has 4 N–H and O–H groups in total. The number of methoxy groups -OCH3 is 2. The molecule has 0 unspecified atom stereocenters. The zero-order chi connectivity index (χ0) is 14.3. The standard InChI is InChI=1S/C10H15N3O3.C2H6/c1-13(12)10(14)6-4-8(15-2)9(16-3)5-7(6)11;1-2/h4-5H,11-12H2,1-3H3;1-2H3. The van der Waals surface area contributed by atoms with E-state index in [2.05, 4.69) is 0 Å². The van der Waals surface area contributed by atoms with Gasteiger partial charge in [-0.05, 0) is 6.07 Å². The minimum Gasteiger partial charge on any atom is -0.493 e. The topological polar surface area (TPSA) is 90.8 Å². The molecule has 1 rings (SSSR count). The van der Waals surface area contributed by atoms with Gasteiger partial charge in [0.1, 0.15) is 0 Å². The molecule has 0 aliphatic carbocycles. The maximum Gasteiger partial charge on any atom is 0.269 e. The maximum absolute atomic E-state index is 11.7. The van der Waals surface area contributed by atoms with E-state index in [1.165, 1.54) is 33.4 Å². The lowest BCUT2D eigenvalue weighted by Gasteiger charge is -2.14. The molecule has 1 amide bonds. The van der Waals surface area contributed by atoms with Gasteiger partial charge >= 0.3 is 0 Å². The van der Waals surface area contributed by atoms with Gasteiger partial charge in [0, 0.05) is 18.8 Å². The summed E-state index contributed by atoms with van der Waals surface area (Å²) >= 11 is 0. The summed E-state index contributed by atoms with van der Waals surface area (Å²) in [7, 11) is 4.42. The first-order valence-corrected chi connectivity index (χ1v) is 5.55. The number of nitrogens with zero attached hydrogens (tertiary/aromatic N) is 1. The van der Waals surface area contributed by atoms with Crippen LogP contribution in [0.2, 0.25) is 0 Å². The Hall–Kier alpha value is -1.95. The summed E-state index contributed by atoms with van der Waals surface area (Å²) in [4.78, 5) is 11.7. The van der Waals surface area contributed by atoms with Crippen LogP contribution >= 0.6 is 0 Å². The predicted molar refractivity (Wildman–Crippen MR) is 71.6 cm³/mol. The molecule has 6 heteroatoms. The minimum absolute atomic E-state index is 0.280. The normalized spacial score (nSPS) is 9.00. The second kappa shape index (κ2) is 7.39. The molecule has 0 spiro atoms. The van der Waals surface area contributed by atoms with Crippen LogP contribution in [0, 0.1) is 0 Å². The Morgan fingerprint density at radius 2 is 1.61 bits per heavy atom. The van der Waals surface area contributed by atoms with E-state index in [1.807, 2.05) is 13.8 Å². The summed E-state index contributed by atoms with van der Waals surface area (Å²) in [5, 5.41) is 0.956. The molecule has 0 atom stereocenters. The number of carbonyl (C=O) groups excluding carboxylic acids is 1. The van der Waals surface area contributed by atoms with Gasteiger partial charge in [0.25, 0.3) is 5.91 Å². The number of carbonyl (C=O) groups is 1. The van der Waals surface area contributed by atoms with Crippen LogP contribution < -0.4 is 21.1 Å². The second-order valence-corrected chi connectivity index (χ2v) is 3.21. The molecule has 0 saturated carbocycles. The van der Waals surface area contributed by atoms with Crippen molar-refractivity contribution in [3.8, 4) is 11.5 Å². The van der Waals surface area contributed by atoms with Crippen LogP contribution in [-0.4, -0.2) is 32.2 Å². The summed E-state index contributed by atoms with van der Waals surface area (Å²) < 4.78 is 10.1. The van der Waals surface area contributed by atoms with Crippen molar-refractivity contribution in [1.82, 2.24) is 5.01 Å². The van der Waals surface area contributed by atoms with Crippen molar-refractivity contribution in [3.63, 3.8) is 0 Å². The number of amides is 1. The van der Waals surface area contributed by atoms with Crippen LogP contribution in [0.3, 0.4) is 0 Å². The van der Waals surface area contributed by atoms with E-state index in [0.717, 1.165) is 5.01 Å². The predicted octanol–water partition coefficient (Wildman–Crippen LogP) is 1.26. The molecule has 6 nitrogen and oxygen atoms in total. The van der Waals surface area contributed by atoms with Gasteiger partial charge in [0.15, 0.2) is 11.5 Å². The molecule has 0 fully saturated rings. The summed E-state index contributed by atoms with van der Waals surface area (Å²) in [6, 6.07) is 3.02. The largest absolute Gasteiger partial charge is 0.493 e. The van der Waals surface area contributed by atoms with E-state index in [4.69, 9.17) is 21.1 Å². The van der Waals surface area contributed by atoms with Gasteiger partial charge < -0.3 is 15.2 Å². The fraction of sp³-hybridized carbons (Fsp3) is 0.417. The molecule has 0 saturated heterocycles. The van der Waals surface area contributed by atoms with Crippen molar-refractivity contribution < 1.29 is 14.3 Å². The van der Waals surface area contributed by atoms with Crippen LogP contribution in [0.5, 0.6) is 11.5 Å². The number of hydrogen-bond donors (Lipinski definition) is 2. The third kappa shape index (κ3) is 3.53. The molecular formula is C12H21N3O3. The van der Waals surface area contributed by atoms with Gasteiger partial charge in [-0.2, -0.15) is 0 Å². The van der Waals surface area contributed by atoms with Crippen molar-refractivity contribution in [2.45, 2.75) is 13.8 Å². The van der Waals surface area contributed by atoms with Crippen molar-refractivity contribution in [2.75, 3.05) is 27.0 Å². The Balaban J connectivity index is 0.00000137. The maximum atomic E-state index is 11.7. The number of ether oxygens (including phenoxy) is 2. The van der Waals surface area contributed by atoms with Crippen molar-refractivity contribution in [2.24, 2.45) is 5.84 Å². The third-order valence-corrected chi connectivity index (χ3v) is 2.11. The lowest BCUT2D eigenvalue weighted by Crippen LogP contribution is -2.33. The molecule has 0 aromatic heterocycles. The molecule has 18 heavy (non-hydrogen) atoms. The van der Waals surface area contributed by atoms with E-state index in [-0.39, 0.29) is 5.56 Å². The Bertz CT molecular complexity index is 406. The van der Waals surface area contributed by atoms with Crippen LogP contribution in [0.1, 0.15) is 24.2 Å². The number of anilines is 1. The van der Waals surface area contributed by atoms with E-state index in [0.29, 0.717) is 17.2 Å². The zero-order valence-electron chi connectivity index (χ0n) is 11.5. The molecule has 0 bridgehead atoms. The van der Waals surface area contributed by atoms with Gasteiger partial charge in [-0.25, -0.2) is 5.84 Å². The molecule has 102 valence electrons. The molecule has 0 heterocycles. The SMILES string of the molecule is CC.COc1cc(N)c(C(=O)N(C)N)cc1OC. The van der Waals surface area contributed by atoms with Crippen LogP contribution in [0.15, 0.2) is 12.1 Å². The van der Waals surface area contributed by atoms with E-state index in [1.54, 1.807) is 0 Å². The highest BCUT2D eigenvalue weighted by atomic mass is 16.5. The van der Waals surface area contributed by atoms with Gasteiger partial charge in [-0.15, -0.1) is 0 Å². The van der Waals surface area contributed by atoms with Crippen molar-refractivity contribution in [3.05, 3.63) is 17.7 Å². The Labute approximate surface area is 107 Å². The first-order chi connectivity index (χ1) is 8.51. The minimum atomic E-state index is -0.390. The zero-order valence-corrected chi connectivity index (χ0v) is 11.5. The molecule has 0 aliphatic rings. The monoisotopic (exact) mass is 255 g/mol. The smallest absolute Gasteiger partial charge is 0.269 e. The molecule has 1 aromatic rings. The van der Waals surface area contributed by atoms with Crippen molar-refractivity contribution in [1.29, 1.82) is 0 Å². The summed E-state index contributed by atoms with van der Waals surface area (Å²) in [5.41, 5.74) is 6.29. The number of hydrazine groups is 1. The fourth-order valence-electron chi connectivity index (χ4n) is 1.27. The van der Waals surface area contributed by atoms with Gasteiger partial charge in [0.2, 0.25) is 0 Å². The number of nitrogen functional groups attached to an aromatic ring is 1. The van der Waals surface area contributed by atoms with Gasteiger partial charge in [-0.3, -0.25) is 9.80 Å². The third-order valence-electron chi connectivity index (χ3n) is 2.11. The average Bonchev–Trinajstić information content (AvgIpc) is 2.39. The summed E-state index contributed by atoms with van der Waals surface area (Å²) in [6.07, 6.45) is 0. The Morgan fingerprint density at radius 3 is 2.00 bits per heavy atom.